The van der Waals surface area contributed by atoms with Crippen LogP contribution < -0.4 is 10.1 Å². The van der Waals surface area contributed by atoms with Crippen molar-refractivity contribution in [1.82, 2.24) is 5.32 Å². The molecule has 1 aliphatic carbocycles. The van der Waals surface area contributed by atoms with Crippen LogP contribution in [0.2, 0.25) is 0 Å². The number of rotatable bonds is 11. The molecular formula is C33H45N2O4+. The van der Waals surface area contributed by atoms with E-state index in [0.29, 0.717) is 18.6 Å². The van der Waals surface area contributed by atoms with Gasteiger partial charge in [0.15, 0.2) is 0 Å². The van der Waals surface area contributed by atoms with Gasteiger partial charge >= 0.3 is 5.97 Å². The quantitative estimate of drug-likeness (QED) is 0.141. The van der Waals surface area contributed by atoms with Crippen molar-refractivity contribution in [2.75, 3.05) is 26.7 Å². The van der Waals surface area contributed by atoms with E-state index in [1.54, 1.807) is 6.07 Å². The number of unbranched alkanes of at least 4 members (excludes halogenated alkanes) is 2. The Morgan fingerprint density at radius 2 is 1.95 bits per heavy atom. The van der Waals surface area contributed by atoms with Crippen molar-refractivity contribution in [3.8, 4) is 5.75 Å². The first-order valence-corrected chi connectivity index (χ1v) is 14.5. The number of carbonyl (C=O) groups is 2. The van der Waals surface area contributed by atoms with E-state index in [-0.39, 0.29) is 29.3 Å². The topological polar surface area (TPSA) is 75.6 Å². The summed E-state index contributed by atoms with van der Waals surface area (Å²) in [6, 6.07) is 18.1. The van der Waals surface area contributed by atoms with E-state index >= 15 is 0 Å². The molecule has 1 heterocycles. The number of hydrogen-bond donors (Lipinski definition) is 2. The highest BCUT2D eigenvalue weighted by molar-refractivity contribution is 5.76. The van der Waals surface area contributed by atoms with Crippen LogP contribution in [0.4, 0.5) is 0 Å². The maximum absolute atomic E-state index is 13.0. The van der Waals surface area contributed by atoms with Gasteiger partial charge in [0.1, 0.15) is 5.75 Å². The molecule has 4 rings (SSSR count). The van der Waals surface area contributed by atoms with Gasteiger partial charge in [-0.15, -0.1) is 0 Å². The monoisotopic (exact) mass is 533 g/mol. The minimum Gasteiger partial charge on any atom is -0.427 e. The van der Waals surface area contributed by atoms with Crippen molar-refractivity contribution < 1.29 is 23.9 Å². The number of nitrogens with one attached hydrogen (secondary N) is 1. The van der Waals surface area contributed by atoms with Gasteiger partial charge < -0.3 is 19.6 Å². The molecule has 5 atom stereocenters. The van der Waals surface area contributed by atoms with E-state index in [0.717, 1.165) is 68.2 Å². The van der Waals surface area contributed by atoms with E-state index in [9.17, 15) is 14.7 Å². The van der Waals surface area contributed by atoms with Crippen LogP contribution in [-0.4, -0.2) is 60.3 Å². The number of fused-ring (bicyclic) bond motifs is 1. The summed E-state index contributed by atoms with van der Waals surface area (Å²) in [5.41, 5.74) is 2.11. The molecule has 6 heteroatoms. The van der Waals surface area contributed by atoms with Crippen LogP contribution in [0.5, 0.6) is 5.75 Å². The fourth-order valence-electron chi connectivity index (χ4n) is 6.95. The van der Waals surface area contributed by atoms with Crippen LogP contribution in [0.15, 0.2) is 67.3 Å². The molecule has 0 radical (unpaired) electrons. The second-order valence-corrected chi connectivity index (χ2v) is 11.9. The van der Waals surface area contributed by atoms with Crippen molar-refractivity contribution in [2.24, 2.45) is 5.92 Å². The summed E-state index contributed by atoms with van der Waals surface area (Å²) in [7, 11) is 2.24. The van der Waals surface area contributed by atoms with Crippen LogP contribution in [-0.2, 0) is 21.4 Å². The molecule has 0 spiro atoms. The number of likely N-dealkylation sites (N-methyl/N-ethyl adjacent to an activating group) is 1. The van der Waals surface area contributed by atoms with Gasteiger partial charge in [-0.05, 0) is 61.4 Å². The van der Waals surface area contributed by atoms with Gasteiger partial charge in [0, 0.05) is 37.1 Å². The first-order chi connectivity index (χ1) is 18.7. The number of piperidine rings is 1. The smallest absolute Gasteiger partial charge is 0.308 e. The highest BCUT2D eigenvalue weighted by Gasteiger charge is 2.55. The first kappa shape index (κ1) is 29.0. The van der Waals surface area contributed by atoms with Crippen LogP contribution in [0.3, 0.4) is 0 Å². The summed E-state index contributed by atoms with van der Waals surface area (Å²) >= 11 is 0. The molecule has 1 saturated carbocycles. The lowest BCUT2D eigenvalue weighted by Crippen LogP contribution is -2.65. The summed E-state index contributed by atoms with van der Waals surface area (Å²) < 4.78 is 6.27. The van der Waals surface area contributed by atoms with Crippen molar-refractivity contribution >= 4 is 11.9 Å². The van der Waals surface area contributed by atoms with E-state index in [4.69, 9.17) is 4.74 Å². The molecule has 0 aromatic heterocycles. The van der Waals surface area contributed by atoms with Gasteiger partial charge in [-0.25, -0.2) is 0 Å². The number of likely N-dealkylation sites (tertiary alicyclic amines) is 1. The van der Waals surface area contributed by atoms with Crippen LogP contribution >= 0.6 is 0 Å². The Morgan fingerprint density at radius 3 is 2.69 bits per heavy atom. The van der Waals surface area contributed by atoms with Gasteiger partial charge in [-0.3, -0.25) is 9.59 Å². The number of nitrogens with zero attached hydrogens (tertiary/aromatic N) is 1. The minimum atomic E-state index is -0.533. The van der Waals surface area contributed by atoms with Crippen molar-refractivity contribution in [3.63, 3.8) is 0 Å². The molecular weight excluding hydrogens is 488 g/mol. The molecule has 2 unspecified atom stereocenters. The number of carbonyl (C=O) groups excluding carboxylic acids is 2. The Hall–Kier alpha value is -2.96. The fraction of sp³-hybridized carbons (Fsp3) is 0.515. The second-order valence-electron chi connectivity index (χ2n) is 11.9. The Labute approximate surface area is 233 Å². The van der Waals surface area contributed by atoms with Gasteiger partial charge in [-0.1, -0.05) is 55.5 Å². The third kappa shape index (κ3) is 7.37. The summed E-state index contributed by atoms with van der Waals surface area (Å²) in [6.07, 6.45) is 8.15. The van der Waals surface area contributed by atoms with Gasteiger partial charge in [-0.2, -0.15) is 0 Å². The number of aryl methyl sites for hydroxylation is 1. The number of aliphatic hydroxyl groups is 1. The lowest BCUT2D eigenvalue weighted by molar-refractivity contribution is -0.914. The van der Waals surface area contributed by atoms with E-state index < -0.39 is 6.10 Å². The number of quaternary nitrogens is 1. The summed E-state index contributed by atoms with van der Waals surface area (Å²) in [5, 5.41) is 14.8. The van der Waals surface area contributed by atoms with Crippen LogP contribution in [0.1, 0.15) is 63.0 Å². The van der Waals surface area contributed by atoms with E-state index in [2.05, 4.69) is 49.3 Å². The van der Waals surface area contributed by atoms with Crippen molar-refractivity contribution in [1.29, 1.82) is 0 Å². The summed E-state index contributed by atoms with van der Waals surface area (Å²) in [6.45, 7) is 8.02. The largest absolute Gasteiger partial charge is 0.427 e. The molecule has 2 aromatic rings. The van der Waals surface area contributed by atoms with Crippen LogP contribution in [0.25, 0.3) is 0 Å². The number of amides is 1. The maximum Gasteiger partial charge on any atom is 0.308 e. The standard InChI is InChI=1S/C33H44N2O4/c1-4-19-35(3)20-18-33(27-15-11-16-29(21-27)39-25(2)36)23-28(22-31(37)30(33)24-35)34-32(38)17-10-6-9-14-26-12-7-5-8-13-26/h4-5,7-8,11-13,15-16,21,28,30-31,37H,1,6,9-10,14,17-20,22-24H2,2-3H3/p+1/t28-,30?,31?,33+,35+/m1/s1. The van der Waals surface area contributed by atoms with Gasteiger partial charge in [0.05, 0.1) is 32.8 Å². The normalized spacial score (nSPS) is 28.2. The van der Waals surface area contributed by atoms with Gasteiger partial charge in [0.2, 0.25) is 5.91 Å². The van der Waals surface area contributed by atoms with Crippen molar-refractivity contribution in [3.05, 3.63) is 78.4 Å². The van der Waals surface area contributed by atoms with E-state index in [1.807, 2.05) is 24.3 Å². The zero-order valence-corrected chi connectivity index (χ0v) is 23.6. The van der Waals surface area contributed by atoms with E-state index in [1.165, 1.54) is 12.5 Å². The SMILES string of the molecule is C=CC[N@@+]1(C)CC[C@@]2(c3cccc(OC(C)=O)c3)C[C@H](NC(=O)CCCCCc3ccccc3)CC(O)C2C1. The Morgan fingerprint density at radius 1 is 1.15 bits per heavy atom. The Kier molecular flexibility index (Phi) is 9.62. The first-order valence-electron chi connectivity index (χ1n) is 14.5. The molecule has 1 amide bonds. The fourth-order valence-corrected chi connectivity index (χ4v) is 6.95. The average molecular weight is 534 g/mol. The molecule has 2 N–H and O–H groups in total. The molecule has 0 bridgehead atoms. The van der Waals surface area contributed by atoms with Gasteiger partial charge in [0.25, 0.3) is 0 Å². The maximum atomic E-state index is 13.0. The van der Waals surface area contributed by atoms with Crippen molar-refractivity contribution in [2.45, 2.75) is 75.9 Å². The predicted molar refractivity (Wildman–Crippen MR) is 154 cm³/mol. The Balaban J connectivity index is 1.44. The molecule has 2 aliphatic rings. The summed E-state index contributed by atoms with van der Waals surface area (Å²) in [4.78, 5) is 24.6. The number of benzene rings is 2. The summed E-state index contributed by atoms with van der Waals surface area (Å²) in [5.74, 6) is 0.281. The minimum absolute atomic E-state index is 0.0370. The third-order valence-corrected chi connectivity index (χ3v) is 8.86. The number of esters is 1. The van der Waals surface area contributed by atoms with Crippen LogP contribution in [0, 0.1) is 5.92 Å². The lowest BCUT2D eigenvalue weighted by Gasteiger charge is -2.56. The number of ether oxygens (including phenoxy) is 1. The number of hydrogen-bond acceptors (Lipinski definition) is 4. The highest BCUT2D eigenvalue weighted by atomic mass is 16.5. The molecule has 1 saturated heterocycles. The molecule has 2 fully saturated rings. The number of aliphatic hydroxyl groups excluding tert-OH is 1. The molecule has 2 aromatic carbocycles. The zero-order valence-electron chi connectivity index (χ0n) is 23.6. The molecule has 6 nitrogen and oxygen atoms in total. The zero-order chi connectivity index (χ0) is 27.9. The highest BCUT2D eigenvalue weighted by Crippen LogP contribution is 2.51. The Bertz CT molecular complexity index is 1140. The average Bonchev–Trinajstić information content (AvgIpc) is 2.90. The molecule has 210 valence electrons. The molecule has 1 aliphatic heterocycles. The third-order valence-electron chi connectivity index (χ3n) is 8.86. The molecule has 39 heavy (non-hydrogen) atoms. The lowest BCUT2D eigenvalue weighted by atomic mass is 9.56. The predicted octanol–water partition coefficient (Wildman–Crippen LogP) is 4.94. The second kappa shape index (κ2) is 12.9.